The van der Waals surface area contributed by atoms with E-state index in [4.69, 9.17) is 11.6 Å². The van der Waals surface area contributed by atoms with Crippen LogP contribution in [0.25, 0.3) is 0 Å². The molecule has 1 N–H and O–H groups in total. The number of benzene rings is 2. The molecule has 7 heteroatoms. The maximum Gasteiger partial charge on any atom is 0.225 e. The number of nitrogens with one attached hydrogen (secondary N) is 1. The van der Waals surface area contributed by atoms with Gasteiger partial charge in [0.15, 0.2) is 0 Å². The van der Waals surface area contributed by atoms with Crippen LogP contribution < -0.4 is 5.32 Å². The van der Waals surface area contributed by atoms with Gasteiger partial charge in [0.25, 0.3) is 0 Å². The highest BCUT2D eigenvalue weighted by molar-refractivity contribution is 7.88. The van der Waals surface area contributed by atoms with Gasteiger partial charge in [-0.05, 0) is 48.7 Å². The van der Waals surface area contributed by atoms with E-state index in [0.29, 0.717) is 16.3 Å². The number of aryl methyl sites for hydroxylation is 2. The minimum atomic E-state index is -3.47. The van der Waals surface area contributed by atoms with Gasteiger partial charge in [0.2, 0.25) is 15.9 Å². The zero-order valence-corrected chi connectivity index (χ0v) is 16.7. The lowest BCUT2D eigenvalue weighted by Gasteiger charge is -2.20. The van der Waals surface area contributed by atoms with Gasteiger partial charge in [-0.1, -0.05) is 35.9 Å². The van der Waals surface area contributed by atoms with Crippen molar-refractivity contribution in [2.24, 2.45) is 0 Å². The Labute approximate surface area is 160 Å². The van der Waals surface area contributed by atoms with Crippen LogP contribution in [0, 0.1) is 13.8 Å². The summed E-state index contributed by atoms with van der Waals surface area (Å²) in [6, 6.07) is 12.8. The lowest BCUT2D eigenvalue weighted by molar-refractivity contribution is -0.116. The number of hydrogen-bond acceptors (Lipinski definition) is 3. The molecule has 0 aliphatic carbocycles. The topological polar surface area (TPSA) is 66.5 Å². The van der Waals surface area contributed by atoms with E-state index >= 15 is 0 Å². The summed E-state index contributed by atoms with van der Waals surface area (Å²) in [6.07, 6.45) is 1.19. The molecule has 0 saturated heterocycles. The number of nitrogens with zero attached hydrogens (tertiary/aromatic N) is 1. The Hall–Kier alpha value is -1.89. The van der Waals surface area contributed by atoms with Gasteiger partial charge in [0.05, 0.1) is 6.26 Å². The van der Waals surface area contributed by atoms with Crippen LogP contribution in [0.5, 0.6) is 0 Å². The van der Waals surface area contributed by atoms with Gasteiger partial charge in [-0.15, -0.1) is 0 Å². The van der Waals surface area contributed by atoms with Crippen molar-refractivity contribution in [1.82, 2.24) is 4.31 Å². The highest BCUT2D eigenvalue weighted by Gasteiger charge is 2.19. The number of amides is 1. The van der Waals surface area contributed by atoms with Gasteiger partial charge in [-0.3, -0.25) is 4.79 Å². The minimum Gasteiger partial charge on any atom is -0.326 e. The SMILES string of the molecule is Cc1cc(C)cc(NC(=O)CCN(Cc2ccccc2Cl)S(C)(=O)=O)c1. The summed E-state index contributed by atoms with van der Waals surface area (Å²) in [5.41, 5.74) is 3.52. The quantitative estimate of drug-likeness (QED) is 0.777. The monoisotopic (exact) mass is 394 g/mol. The number of carbonyl (C=O) groups is 1. The second-order valence-corrected chi connectivity index (χ2v) is 8.75. The third-order valence-electron chi connectivity index (χ3n) is 3.87. The average Bonchev–Trinajstić information content (AvgIpc) is 2.50. The van der Waals surface area contributed by atoms with E-state index in [1.807, 2.05) is 32.0 Å². The molecule has 26 heavy (non-hydrogen) atoms. The Balaban J connectivity index is 2.03. The normalized spacial score (nSPS) is 11.6. The fourth-order valence-corrected chi connectivity index (χ4v) is 3.67. The Morgan fingerprint density at radius 3 is 2.31 bits per heavy atom. The highest BCUT2D eigenvalue weighted by Crippen LogP contribution is 2.19. The Kier molecular flexibility index (Phi) is 6.81. The van der Waals surface area contributed by atoms with Crippen molar-refractivity contribution in [2.75, 3.05) is 18.1 Å². The van der Waals surface area contributed by atoms with Crippen LogP contribution in [0.4, 0.5) is 5.69 Å². The molecule has 0 heterocycles. The van der Waals surface area contributed by atoms with Crippen molar-refractivity contribution < 1.29 is 13.2 Å². The van der Waals surface area contributed by atoms with Gasteiger partial charge in [0, 0.05) is 30.2 Å². The van der Waals surface area contributed by atoms with Crippen molar-refractivity contribution in [2.45, 2.75) is 26.8 Å². The van der Waals surface area contributed by atoms with Crippen LogP contribution in [-0.4, -0.2) is 31.4 Å². The molecule has 2 aromatic rings. The summed E-state index contributed by atoms with van der Waals surface area (Å²) < 4.78 is 25.4. The second kappa shape index (κ2) is 8.66. The summed E-state index contributed by atoms with van der Waals surface area (Å²) in [6.45, 7) is 4.13. The van der Waals surface area contributed by atoms with Gasteiger partial charge >= 0.3 is 0 Å². The highest BCUT2D eigenvalue weighted by atomic mass is 35.5. The van der Waals surface area contributed by atoms with Crippen molar-refractivity contribution in [3.8, 4) is 0 Å². The van der Waals surface area contributed by atoms with Gasteiger partial charge in [0.1, 0.15) is 0 Å². The summed E-state index contributed by atoms with van der Waals surface area (Å²) in [5.74, 6) is -0.234. The van der Waals surface area contributed by atoms with Crippen LogP contribution in [0.3, 0.4) is 0 Å². The van der Waals surface area contributed by atoms with Gasteiger partial charge < -0.3 is 5.32 Å². The maximum absolute atomic E-state index is 12.2. The first-order valence-corrected chi connectivity index (χ1v) is 10.4. The van der Waals surface area contributed by atoms with Crippen LogP contribution in [0.1, 0.15) is 23.1 Å². The smallest absolute Gasteiger partial charge is 0.225 e. The molecule has 1 amide bonds. The first-order chi connectivity index (χ1) is 12.1. The third kappa shape index (κ3) is 6.12. The van der Waals surface area contributed by atoms with Gasteiger partial charge in [-0.2, -0.15) is 4.31 Å². The average molecular weight is 395 g/mol. The maximum atomic E-state index is 12.2. The van der Waals surface area contributed by atoms with Crippen LogP contribution >= 0.6 is 11.6 Å². The van der Waals surface area contributed by atoms with E-state index in [1.165, 1.54) is 4.31 Å². The molecule has 0 aromatic heterocycles. The van der Waals surface area contributed by atoms with E-state index < -0.39 is 10.0 Å². The van der Waals surface area contributed by atoms with E-state index in [9.17, 15) is 13.2 Å². The zero-order chi connectivity index (χ0) is 19.3. The number of carbonyl (C=O) groups excluding carboxylic acids is 1. The summed E-state index contributed by atoms with van der Waals surface area (Å²) in [7, 11) is -3.47. The van der Waals surface area contributed by atoms with Crippen molar-refractivity contribution in [1.29, 1.82) is 0 Å². The number of hydrogen-bond donors (Lipinski definition) is 1. The first kappa shape index (κ1) is 20.4. The number of rotatable bonds is 7. The van der Waals surface area contributed by atoms with Crippen LogP contribution in [0.15, 0.2) is 42.5 Å². The predicted molar refractivity (Wildman–Crippen MR) is 106 cm³/mol. The fourth-order valence-electron chi connectivity index (χ4n) is 2.68. The molecule has 0 radical (unpaired) electrons. The second-order valence-electron chi connectivity index (χ2n) is 6.36. The molecule has 2 aromatic carbocycles. The van der Waals surface area contributed by atoms with Gasteiger partial charge in [-0.25, -0.2) is 8.42 Å². The lowest BCUT2D eigenvalue weighted by atomic mass is 10.1. The summed E-state index contributed by atoms with van der Waals surface area (Å²) in [4.78, 5) is 12.2. The predicted octanol–water partition coefficient (Wildman–Crippen LogP) is 3.75. The van der Waals surface area contributed by atoms with E-state index in [1.54, 1.807) is 24.3 Å². The molecule has 0 fully saturated rings. The standard InChI is InChI=1S/C19H23ClN2O3S/c1-14-10-15(2)12-17(11-14)21-19(23)8-9-22(26(3,24)25)13-16-6-4-5-7-18(16)20/h4-7,10-12H,8-9,13H2,1-3H3,(H,21,23). The molecule has 0 aliphatic heterocycles. The van der Waals surface area contributed by atoms with Crippen molar-refractivity contribution in [3.63, 3.8) is 0 Å². The van der Waals surface area contributed by atoms with E-state index in [2.05, 4.69) is 5.32 Å². The van der Waals surface area contributed by atoms with E-state index in [-0.39, 0.29) is 25.4 Å². The van der Waals surface area contributed by atoms with Crippen LogP contribution in [-0.2, 0) is 21.4 Å². The molecule has 0 bridgehead atoms. The number of anilines is 1. The van der Waals surface area contributed by atoms with Crippen molar-refractivity contribution >= 4 is 33.2 Å². The fraction of sp³-hybridized carbons (Fsp3) is 0.316. The molecule has 0 atom stereocenters. The molecule has 0 aliphatic rings. The number of halogens is 1. The van der Waals surface area contributed by atoms with E-state index in [0.717, 1.165) is 17.4 Å². The lowest BCUT2D eigenvalue weighted by Crippen LogP contribution is -2.32. The largest absolute Gasteiger partial charge is 0.326 e. The molecule has 0 saturated carbocycles. The molecule has 5 nitrogen and oxygen atoms in total. The number of sulfonamides is 1. The summed E-state index contributed by atoms with van der Waals surface area (Å²) >= 11 is 6.12. The van der Waals surface area contributed by atoms with Crippen molar-refractivity contribution in [3.05, 3.63) is 64.2 Å². The molecular weight excluding hydrogens is 372 g/mol. The Bertz CT molecular complexity index is 877. The first-order valence-electron chi connectivity index (χ1n) is 8.22. The third-order valence-corrected chi connectivity index (χ3v) is 5.49. The molecule has 0 unspecified atom stereocenters. The summed E-state index contributed by atoms with van der Waals surface area (Å²) in [5, 5.41) is 3.32. The Morgan fingerprint density at radius 2 is 1.73 bits per heavy atom. The zero-order valence-electron chi connectivity index (χ0n) is 15.1. The molecule has 2 rings (SSSR count). The minimum absolute atomic E-state index is 0.0600. The Morgan fingerprint density at radius 1 is 1.12 bits per heavy atom. The molecular formula is C19H23ClN2O3S. The van der Waals surface area contributed by atoms with Crippen LogP contribution in [0.2, 0.25) is 5.02 Å². The molecule has 0 spiro atoms. The molecule has 140 valence electrons.